The number of aromatic amines is 1. The molecule has 126 valence electrons. The van der Waals surface area contributed by atoms with Gasteiger partial charge in [0.25, 0.3) is 5.91 Å². The van der Waals surface area contributed by atoms with Crippen LogP contribution in [0.1, 0.15) is 28.8 Å². The van der Waals surface area contributed by atoms with Crippen LogP contribution in [0.25, 0.3) is 0 Å². The maximum Gasteiger partial charge on any atom is 0.255 e. The molecule has 5 nitrogen and oxygen atoms in total. The number of pyridine rings is 1. The zero-order valence-corrected chi connectivity index (χ0v) is 13.4. The normalized spacial score (nSPS) is 15.3. The molecule has 1 aliphatic heterocycles. The second-order valence-corrected chi connectivity index (χ2v) is 5.93. The van der Waals surface area contributed by atoms with Gasteiger partial charge in [-0.05, 0) is 24.6 Å². The Hall–Kier alpha value is -2.63. The third-order valence-corrected chi connectivity index (χ3v) is 4.22. The number of aryl methyl sites for hydroxylation is 1. The highest BCUT2D eigenvalue weighted by Crippen LogP contribution is 2.22. The van der Waals surface area contributed by atoms with Crippen LogP contribution in [-0.2, 0) is 0 Å². The summed E-state index contributed by atoms with van der Waals surface area (Å²) >= 11 is 0. The lowest BCUT2D eigenvalue weighted by atomic mass is 10.1. The number of hydrogen-bond acceptors (Lipinski definition) is 3. The van der Waals surface area contributed by atoms with Crippen LogP contribution < -0.4 is 10.3 Å². The van der Waals surface area contributed by atoms with E-state index in [4.69, 9.17) is 4.74 Å². The van der Waals surface area contributed by atoms with Gasteiger partial charge in [-0.2, -0.15) is 0 Å². The predicted octanol–water partition coefficient (Wildman–Crippen LogP) is 2.51. The van der Waals surface area contributed by atoms with Crippen molar-refractivity contribution < 1.29 is 13.9 Å². The van der Waals surface area contributed by atoms with Crippen molar-refractivity contribution in [1.82, 2.24) is 9.88 Å². The molecule has 1 fully saturated rings. The van der Waals surface area contributed by atoms with E-state index in [1.807, 2.05) is 0 Å². The van der Waals surface area contributed by atoms with Crippen molar-refractivity contribution in [2.75, 3.05) is 13.1 Å². The molecule has 1 aromatic carbocycles. The molecule has 1 aromatic heterocycles. The number of hydrogen-bond donors (Lipinski definition) is 1. The van der Waals surface area contributed by atoms with Crippen LogP contribution in [0.15, 0.2) is 41.3 Å². The average molecular weight is 330 g/mol. The van der Waals surface area contributed by atoms with Gasteiger partial charge in [-0.25, -0.2) is 4.39 Å². The first-order chi connectivity index (χ1) is 11.5. The molecule has 1 aliphatic rings. The van der Waals surface area contributed by atoms with E-state index >= 15 is 0 Å². The Morgan fingerprint density at radius 2 is 2.00 bits per heavy atom. The quantitative estimate of drug-likeness (QED) is 0.940. The number of rotatable bonds is 3. The maximum atomic E-state index is 13.6. The minimum atomic E-state index is -0.375. The third kappa shape index (κ3) is 3.48. The molecular formula is C18H19FN2O3. The number of likely N-dealkylation sites (tertiary alicyclic amines) is 1. The number of aromatic nitrogens is 1. The first kappa shape index (κ1) is 16.2. The highest BCUT2D eigenvalue weighted by molar-refractivity contribution is 5.95. The van der Waals surface area contributed by atoms with Crippen LogP contribution in [0.2, 0.25) is 0 Å². The van der Waals surface area contributed by atoms with Crippen molar-refractivity contribution in [1.29, 1.82) is 0 Å². The Bertz CT molecular complexity index is 795. The van der Waals surface area contributed by atoms with Gasteiger partial charge in [0.2, 0.25) is 5.56 Å². The molecule has 0 radical (unpaired) electrons. The Morgan fingerprint density at radius 3 is 2.67 bits per heavy atom. The van der Waals surface area contributed by atoms with Crippen molar-refractivity contribution in [3.8, 4) is 5.75 Å². The van der Waals surface area contributed by atoms with Crippen LogP contribution in [0.5, 0.6) is 5.75 Å². The molecule has 0 bridgehead atoms. The smallest absolute Gasteiger partial charge is 0.255 e. The van der Waals surface area contributed by atoms with Crippen molar-refractivity contribution in [2.45, 2.75) is 25.9 Å². The largest absolute Gasteiger partial charge is 0.487 e. The van der Waals surface area contributed by atoms with Gasteiger partial charge in [-0.15, -0.1) is 0 Å². The summed E-state index contributed by atoms with van der Waals surface area (Å²) < 4.78 is 19.3. The summed E-state index contributed by atoms with van der Waals surface area (Å²) in [5, 5.41) is 0. The van der Waals surface area contributed by atoms with Crippen LogP contribution in [0.3, 0.4) is 0 Å². The number of halogens is 1. The number of nitrogens with zero attached hydrogens (tertiary/aromatic N) is 1. The zero-order chi connectivity index (χ0) is 17.1. The van der Waals surface area contributed by atoms with E-state index in [-0.39, 0.29) is 29.1 Å². The Morgan fingerprint density at radius 1 is 1.29 bits per heavy atom. The molecule has 2 aromatic rings. The number of carbonyl (C=O) groups is 1. The molecule has 2 heterocycles. The summed E-state index contributed by atoms with van der Waals surface area (Å²) in [6, 6.07) is 7.75. The molecule has 1 amide bonds. The highest BCUT2D eigenvalue weighted by atomic mass is 19.1. The Balaban J connectivity index is 1.61. The van der Waals surface area contributed by atoms with Crippen molar-refractivity contribution >= 4 is 5.91 Å². The lowest BCUT2D eigenvalue weighted by molar-refractivity contribution is 0.0587. The molecule has 24 heavy (non-hydrogen) atoms. The van der Waals surface area contributed by atoms with E-state index in [0.29, 0.717) is 37.1 Å². The first-order valence-electron chi connectivity index (χ1n) is 7.94. The summed E-state index contributed by atoms with van der Waals surface area (Å²) in [5.74, 6) is -0.230. The summed E-state index contributed by atoms with van der Waals surface area (Å²) in [6.45, 7) is 2.82. The Labute approximate surface area is 139 Å². The lowest BCUT2D eigenvalue weighted by Crippen LogP contribution is -2.42. The molecule has 0 saturated carbocycles. The van der Waals surface area contributed by atoms with Crippen molar-refractivity contribution in [3.05, 3.63) is 63.8 Å². The fraction of sp³-hybridized carbons (Fsp3) is 0.333. The summed E-state index contributed by atoms with van der Waals surface area (Å²) in [7, 11) is 0. The fourth-order valence-electron chi connectivity index (χ4n) is 2.87. The Kier molecular flexibility index (Phi) is 4.64. The zero-order valence-electron chi connectivity index (χ0n) is 13.4. The first-order valence-corrected chi connectivity index (χ1v) is 7.94. The van der Waals surface area contributed by atoms with Gasteiger partial charge in [0.1, 0.15) is 6.10 Å². The number of ether oxygens (including phenoxy) is 1. The second kappa shape index (κ2) is 6.86. The fourth-order valence-corrected chi connectivity index (χ4v) is 2.87. The number of nitrogens with one attached hydrogen (secondary N) is 1. The number of H-pyrrole nitrogens is 1. The van der Waals surface area contributed by atoms with Crippen molar-refractivity contribution in [3.63, 3.8) is 0 Å². The standard InChI is InChI=1S/C18H19FN2O3/c1-12-10-17(22)20-11-14(12)18(23)21-8-6-13(7-9-21)24-16-5-3-2-4-15(16)19/h2-5,10-11,13H,6-9H2,1H3,(H,20,22). The molecule has 1 saturated heterocycles. The van der Waals surface area contributed by atoms with Gasteiger partial charge < -0.3 is 14.6 Å². The molecule has 0 aliphatic carbocycles. The number of para-hydroxylation sites is 1. The summed E-state index contributed by atoms with van der Waals surface area (Å²) in [6.07, 6.45) is 2.63. The third-order valence-electron chi connectivity index (χ3n) is 4.22. The number of benzene rings is 1. The predicted molar refractivity (Wildman–Crippen MR) is 87.8 cm³/mol. The SMILES string of the molecule is Cc1cc(=O)[nH]cc1C(=O)N1CCC(Oc2ccccc2F)CC1. The van der Waals surface area contributed by atoms with Gasteiger partial charge in [-0.1, -0.05) is 12.1 Å². The number of amides is 1. The van der Waals surface area contributed by atoms with Gasteiger partial charge in [0.05, 0.1) is 5.56 Å². The molecule has 3 rings (SSSR count). The topological polar surface area (TPSA) is 62.4 Å². The monoisotopic (exact) mass is 330 g/mol. The van der Waals surface area contributed by atoms with Gasteiger partial charge in [0.15, 0.2) is 11.6 Å². The maximum absolute atomic E-state index is 13.6. The van der Waals surface area contributed by atoms with Gasteiger partial charge >= 0.3 is 0 Å². The van der Waals surface area contributed by atoms with Crippen molar-refractivity contribution in [2.24, 2.45) is 0 Å². The van der Waals surface area contributed by atoms with Crippen LogP contribution >= 0.6 is 0 Å². The molecule has 0 unspecified atom stereocenters. The minimum Gasteiger partial charge on any atom is -0.487 e. The second-order valence-electron chi connectivity index (χ2n) is 5.93. The van der Waals surface area contributed by atoms with Crippen LogP contribution in [0, 0.1) is 12.7 Å². The van der Waals surface area contributed by atoms with Crippen LogP contribution in [0.4, 0.5) is 4.39 Å². The lowest BCUT2D eigenvalue weighted by Gasteiger charge is -2.32. The number of carbonyl (C=O) groups excluding carboxylic acids is 1. The minimum absolute atomic E-state index is 0.104. The molecular weight excluding hydrogens is 311 g/mol. The highest BCUT2D eigenvalue weighted by Gasteiger charge is 2.26. The average Bonchev–Trinajstić information content (AvgIpc) is 2.57. The summed E-state index contributed by atoms with van der Waals surface area (Å²) in [4.78, 5) is 28.1. The van der Waals surface area contributed by atoms with Gasteiger partial charge in [0, 0.05) is 38.2 Å². The molecule has 0 atom stereocenters. The summed E-state index contributed by atoms with van der Waals surface area (Å²) in [5.41, 5.74) is 0.942. The number of piperidine rings is 1. The van der Waals surface area contributed by atoms with E-state index in [1.165, 1.54) is 18.3 Å². The van der Waals surface area contributed by atoms with E-state index in [0.717, 1.165) is 0 Å². The van der Waals surface area contributed by atoms with E-state index in [2.05, 4.69) is 4.98 Å². The van der Waals surface area contributed by atoms with E-state index in [9.17, 15) is 14.0 Å². The van der Waals surface area contributed by atoms with E-state index in [1.54, 1.807) is 30.0 Å². The van der Waals surface area contributed by atoms with Crippen LogP contribution in [-0.4, -0.2) is 35.0 Å². The van der Waals surface area contributed by atoms with E-state index < -0.39 is 0 Å². The molecule has 0 spiro atoms. The molecule has 6 heteroatoms. The van der Waals surface area contributed by atoms with Gasteiger partial charge in [-0.3, -0.25) is 9.59 Å². The molecule has 1 N–H and O–H groups in total.